The Balaban J connectivity index is 2.36. The summed E-state index contributed by atoms with van der Waals surface area (Å²) in [7, 11) is 0. The average Bonchev–Trinajstić information content (AvgIpc) is 2.32. The zero-order chi connectivity index (χ0) is 10.5. The molecule has 0 unspecified atom stereocenters. The van der Waals surface area contributed by atoms with Crippen molar-refractivity contribution in [2.24, 2.45) is 5.11 Å². The van der Waals surface area contributed by atoms with Crippen LogP contribution in [0, 0.1) is 0 Å². The Bertz CT molecular complexity index is 485. The normalized spacial score (nSPS) is 9.33. The maximum Gasteiger partial charge on any atom is 0.145 e. The molecule has 72 valence electrons. The second-order valence-electron chi connectivity index (χ2n) is 2.82. The summed E-state index contributed by atoms with van der Waals surface area (Å²) in [6, 6.07) is 9.68. The summed E-state index contributed by atoms with van der Waals surface area (Å²) in [6.45, 7) is 0. The summed E-state index contributed by atoms with van der Waals surface area (Å²) in [5.41, 5.74) is 9.94. The molecule has 15 heavy (non-hydrogen) atoms. The van der Waals surface area contributed by atoms with Crippen LogP contribution in [0.5, 0.6) is 0 Å². The molecule has 0 atom stereocenters. The number of rotatable bonds is 2. The summed E-state index contributed by atoms with van der Waals surface area (Å²) in [5, 5.41) is 3.35. The number of hydrogen-bond acceptors (Lipinski definition) is 3. The van der Waals surface area contributed by atoms with Gasteiger partial charge in [0.15, 0.2) is 0 Å². The van der Waals surface area contributed by atoms with E-state index in [2.05, 4.69) is 20.0 Å². The van der Waals surface area contributed by atoms with Gasteiger partial charge in [-0.05, 0) is 10.6 Å². The lowest BCUT2D eigenvalue weighted by Gasteiger charge is -1.98. The SMILES string of the molecule is [N-]=[N+]=Nc1cnc(-c2ccccc2)cn1. The minimum atomic E-state index is 0.275. The van der Waals surface area contributed by atoms with Crippen molar-refractivity contribution in [3.63, 3.8) is 0 Å². The van der Waals surface area contributed by atoms with Crippen molar-refractivity contribution < 1.29 is 0 Å². The van der Waals surface area contributed by atoms with Crippen LogP contribution in [0.4, 0.5) is 5.82 Å². The van der Waals surface area contributed by atoms with Gasteiger partial charge in [0.05, 0.1) is 18.1 Å². The molecule has 0 aliphatic heterocycles. The average molecular weight is 197 g/mol. The molecule has 0 N–H and O–H groups in total. The van der Waals surface area contributed by atoms with E-state index in [1.54, 1.807) is 6.20 Å². The third kappa shape index (κ3) is 2.10. The first-order valence-corrected chi connectivity index (χ1v) is 4.33. The highest BCUT2D eigenvalue weighted by Gasteiger charge is 1.98. The molecule has 2 rings (SSSR count). The highest BCUT2D eigenvalue weighted by molar-refractivity contribution is 5.58. The Morgan fingerprint density at radius 2 is 1.87 bits per heavy atom. The van der Waals surface area contributed by atoms with Crippen LogP contribution in [0.3, 0.4) is 0 Å². The molecule has 2 aromatic rings. The molecule has 0 bridgehead atoms. The molecule has 0 fully saturated rings. The van der Waals surface area contributed by atoms with Crippen LogP contribution in [0.25, 0.3) is 21.7 Å². The summed E-state index contributed by atoms with van der Waals surface area (Å²) in [6.07, 6.45) is 3.03. The number of nitrogens with zero attached hydrogens (tertiary/aromatic N) is 5. The Morgan fingerprint density at radius 3 is 2.47 bits per heavy atom. The molecule has 0 aliphatic carbocycles. The summed E-state index contributed by atoms with van der Waals surface area (Å²) < 4.78 is 0. The van der Waals surface area contributed by atoms with E-state index in [4.69, 9.17) is 5.53 Å². The monoisotopic (exact) mass is 197 g/mol. The van der Waals surface area contributed by atoms with Crippen LogP contribution < -0.4 is 0 Å². The second-order valence-corrected chi connectivity index (χ2v) is 2.82. The zero-order valence-corrected chi connectivity index (χ0v) is 7.78. The molecule has 0 amide bonds. The van der Waals surface area contributed by atoms with Crippen molar-refractivity contribution in [3.05, 3.63) is 53.2 Å². The van der Waals surface area contributed by atoms with Crippen molar-refractivity contribution in [2.45, 2.75) is 0 Å². The molecule has 1 aromatic heterocycles. The van der Waals surface area contributed by atoms with E-state index < -0.39 is 0 Å². The lowest BCUT2D eigenvalue weighted by molar-refractivity contribution is 1.17. The molecule has 0 saturated carbocycles. The van der Waals surface area contributed by atoms with Crippen molar-refractivity contribution in [3.8, 4) is 11.3 Å². The van der Waals surface area contributed by atoms with Crippen LogP contribution in [0.15, 0.2) is 47.8 Å². The quantitative estimate of drug-likeness (QED) is 0.421. The van der Waals surface area contributed by atoms with E-state index in [-0.39, 0.29) is 5.82 Å². The van der Waals surface area contributed by atoms with Crippen molar-refractivity contribution in [1.82, 2.24) is 9.97 Å². The predicted molar refractivity (Wildman–Crippen MR) is 56.3 cm³/mol. The fourth-order valence-electron chi connectivity index (χ4n) is 1.18. The highest BCUT2D eigenvalue weighted by Crippen LogP contribution is 2.16. The van der Waals surface area contributed by atoms with Crippen molar-refractivity contribution in [1.29, 1.82) is 0 Å². The van der Waals surface area contributed by atoms with Gasteiger partial charge in [0.2, 0.25) is 0 Å². The van der Waals surface area contributed by atoms with Gasteiger partial charge < -0.3 is 0 Å². The third-order valence-corrected chi connectivity index (χ3v) is 1.85. The van der Waals surface area contributed by atoms with E-state index in [9.17, 15) is 0 Å². The van der Waals surface area contributed by atoms with E-state index >= 15 is 0 Å². The summed E-state index contributed by atoms with van der Waals surface area (Å²) in [5.74, 6) is 0.275. The first-order valence-electron chi connectivity index (χ1n) is 4.33. The van der Waals surface area contributed by atoms with Gasteiger partial charge in [0.25, 0.3) is 0 Å². The maximum absolute atomic E-state index is 8.20. The standard InChI is InChI=1S/C10H7N5/c11-15-14-10-7-12-9(6-13-10)8-4-2-1-3-5-8/h1-7H. The highest BCUT2D eigenvalue weighted by atomic mass is 15.2. The van der Waals surface area contributed by atoms with Gasteiger partial charge in [0, 0.05) is 10.5 Å². The van der Waals surface area contributed by atoms with E-state index in [0.29, 0.717) is 0 Å². The van der Waals surface area contributed by atoms with Gasteiger partial charge in [-0.15, -0.1) is 0 Å². The molecule has 1 heterocycles. The molecule has 0 radical (unpaired) electrons. The minimum Gasteiger partial charge on any atom is -0.253 e. The first kappa shape index (κ1) is 9.18. The fraction of sp³-hybridized carbons (Fsp3) is 0. The molecular weight excluding hydrogens is 190 g/mol. The predicted octanol–water partition coefficient (Wildman–Crippen LogP) is 3.09. The van der Waals surface area contributed by atoms with Crippen LogP contribution in [-0.4, -0.2) is 9.97 Å². The largest absolute Gasteiger partial charge is 0.253 e. The maximum atomic E-state index is 8.20. The van der Waals surface area contributed by atoms with Gasteiger partial charge in [0.1, 0.15) is 5.82 Å². The minimum absolute atomic E-state index is 0.275. The number of azide groups is 1. The van der Waals surface area contributed by atoms with Crippen LogP contribution >= 0.6 is 0 Å². The Morgan fingerprint density at radius 1 is 1.07 bits per heavy atom. The number of aromatic nitrogens is 2. The first-order chi connectivity index (χ1) is 7.40. The van der Waals surface area contributed by atoms with Gasteiger partial charge >= 0.3 is 0 Å². The Labute approximate surface area is 86.1 Å². The third-order valence-electron chi connectivity index (χ3n) is 1.85. The molecule has 5 nitrogen and oxygen atoms in total. The molecule has 0 saturated heterocycles. The molecular formula is C10H7N5. The molecule has 0 aliphatic rings. The Hall–Kier alpha value is -2.39. The van der Waals surface area contributed by atoms with E-state index in [1.807, 2.05) is 30.3 Å². The van der Waals surface area contributed by atoms with Crippen molar-refractivity contribution >= 4 is 5.82 Å². The van der Waals surface area contributed by atoms with E-state index in [1.165, 1.54) is 6.20 Å². The van der Waals surface area contributed by atoms with Crippen LogP contribution in [0.2, 0.25) is 0 Å². The number of hydrogen-bond donors (Lipinski definition) is 0. The molecule has 1 aromatic carbocycles. The lowest BCUT2D eigenvalue weighted by Crippen LogP contribution is -1.84. The lowest BCUT2D eigenvalue weighted by atomic mass is 10.2. The van der Waals surface area contributed by atoms with Crippen molar-refractivity contribution in [2.75, 3.05) is 0 Å². The molecule has 5 heteroatoms. The van der Waals surface area contributed by atoms with Gasteiger partial charge in [-0.1, -0.05) is 30.3 Å². The van der Waals surface area contributed by atoms with Crippen LogP contribution in [-0.2, 0) is 0 Å². The second kappa shape index (κ2) is 4.21. The van der Waals surface area contributed by atoms with Crippen LogP contribution in [0.1, 0.15) is 0 Å². The fourth-order valence-corrected chi connectivity index (χ4v) is 1.18. The van der Waals surface area contributed by atoms with E-state index in [0.717, 1.165) is 11.3 Å². The van der Waals surface area contributed by atoms with Gasteiger partial charge in [-0.2, -0.15) is 0 Å². The Kier molecular flexibility index (Phi) is 2.58. The topological polar surface area (TPSA) is 74.5 Å². The zero-order valence-electron chi connectivity index (χ0n) is 7.78. The molecule has 0 spiro atoms. The smallest absolute Gasteiger partial charge is 0.145 e. The summed E-state index contributed by atoms with van der Waals surface area (Å²) >= 11 is 0. The van der Waals surface area contributed by atoms with Gasteiger partial charge in [-0.25, -0.2) is 0 Å². The van der Waals surface area contributed by atoms with Gasteiger partial charge in [-0.3, -0.25) is 9.97 Å². The summed E-state index contributed by atoms with van der Waals surface area (Å²) in [4.78, 5) is 10.7. The number of benzene rings is 1.